The van der Waals surface area contributed by atoms with Crippen molar-refractivity contribution in [2.24, 2.45) is 5.92 Å². The lowest BCUT2D eigenvalue weighted by Gasteiger charge is -2.33. The van der Waals surface area contributed by atoms with Gasteiger partial charge in [0.15, 0.2) is 0 Å². The first kappa shape index (κ1) is 26.4. The lowest BCUT2D eigenvalue weighted by atomic mass is 10.1. The summed E-state index contributed by atoms with van der Waals surface area (Å²) in [4.78, 5) is 28.0. The van der Waals surface area contributed by atoms with Gasteiger partial charge in [-0.1, -0.05) is 68.8 Å². The molecule has 0 heterocycles. The van der Waals surface area contributed by atoms with Crippen molar-refractivity contribution < 1.29 is 18.0 Å². The van der Waals surface area contributed by atoms with Gasteiger partial charge in [-0.25, -0.2) is 8.42 Å². The monoisotopic (exact) mass is 473 g/mol. The summed E-state index contributed by atoms with van der Waals surface area (Å²) in [5.41, 5.74) is 2.26. The Labute approximate surface area is 197 Å². The topological polar surface area (TPSA) is 86.8 Å². The fourth-order valence-electron chi connectivity index (χ4n) is 3.45. The van der Waals surface area contributed by atoms with Crippen LogP contribution >= 0.6 is 0 Å². The molecule has 2 rings (SSSR count). The molecule has 0 saturated carbocycles. The number of hydrogen-bond acceptors (Lipinski definition) is 4. The molecule has 0 bridgehead atoms. The third kappa shape index (κ3) is 7.89. The smallest absolute Gasteiger partial charge is 0.244 e. The number of amides is 2. The zero-order valence-electron chi connectivity index (χ0n) is 20.1. The summed E-state index contributed by atoms with van der Waals surface area (Å²) in [7, 11) is -3.72. The van der Waals surface area contributed by atoms with Gasteiger partial charge in [-0.2, -0.15) is 0 Å². The van der Waals surface area contributed by atoms with Crippen LogP contribution in [-0.4, -0.2) is 50.5 Å². The van der Waals surface area contributed by atoms with E-state index >= 15 is 0 Å². The molecule has 0 aromatic heterocycles. The molecule has 7 nitrogen and oxygen atoms in total. The maximum absolute atomic E-state index is 13.5. The Hall–Kier alpha value is -2.87. The van der Waals surface area contributed by atoms with Crippen LogP contribution in [0.4, 0.5) is 5.69 Å². The second kappa shape index (κ2) is 11.8. The largest absolute Gasteiger partial charge is 0.354 e. The molecule has 0 aliphatic heterocycles. The van der Waals surface area contributed by atoms with E-state index in [4.69, 9.17) is 0 Å². The minimum atomic E-state index is -3.72. The normalized spacial score (nSPS) is 12.3. The maximum atomic E-state index is 13.5. The summed E-state index contributed by atoms with van der Waals surface area (Å²) >= 11 is 0. The molecule has 0 saturated heterocycles. The Morgan fingerprint density at radius 2 is 1.61 bits per heavy atom. The van der Waals surface area contributed by atoms with Gasteiger partial charge in [0, 0.05) is 13.1 Å². The molecule has 33 heavy (non-hydrogen) atoms. The molecule has 1 atom stereocenters. The lowest BCUT2D eigenvalue weighted by Crippen LogP contribution is -2.52. The lowest BCUT2D eigenvalue weighted by molar-refractivity contribution is -0.140. The van der Waals surface area contributed by atoms with E-state index in [9.17, 15) is 18.0 Å². The van der Waals surface area contributed by atoms with Gasteiger partial charge >= 0.3 is 0 Å². The van der Waals surface area contributed by atoms with Crippen molar-refractivity contribution in [1.82, 2.24) is 10.2 Å². The predicted molar refractivity (Wildman–Crippen MR) is 132 cm³/mol. The van der Waals surface area contributed by atoms with Crippen LogP contribution in [0.1, 0.15) is 38.3 Å². The van der Waals surface area contributed by atoms with E-state index in [1.807, 2.05) is 58.0 Å². The van der Waals surface area contributed by atoms with Gasteiger partial charge in [0.05, 0.1) is 11.9 Å². The Bertz CT molecular complexity index is 1020. The number of hydrogen-bond donors (Lipinski definition) is 1. The SMILES string of the molecule is CCC(C(=O)NCC(C)C)N(Cc1ccccc1)C(=O)CN(c1ccc(C)cc1)S(C)(=O)=O. The molecule has 1 unspecified atom stereocenters. The van der Waals surface area contributed by atoms with Crippen LogP contribution in [0.5, 0.6) is 0 Å². The van der Waals surface area contributed by atoms with Crippen LogP contribution < -0.4 is 9.62 Å². The highest BCUT2D eigenvalue weighted by Crippen LogP contribution is 2.20. The highest BCUT2D eigenvalue weighted by Gasteiger charge is 2.31. The summed E-state index contributed by atoms with van der Waals surface area (Å²) < 4.78 is 26.2. The fraction of sp³-hybridized carbons (Fsp3) is 0.440. The average molecular weight is 474 g/mol. The summed E-state index contributed by atoms with van der Waals surface area (Å²) in [5, 5.41) is 2.91. The molecule has 0 spiro atoms. The Morgan fingerprint density at radius 1 is 1.00 bits per heavy atom. The number of carbonyl (C=O) groups excluding carboxylic acids is 2. The summed E-state index contributed by atoms with van der Waals surface area (Å²) in [5.74, 6) is -0.403. The van der Waals surface area contributed by atoms with E-state index < -0.39 is 22.0 Å². The quantitative estimate of drug-likeness (QED) is 0.542. The first-order chi connectivity index (χ1) is 15.5. The molecule has 2 aromatic carbocycles. The molecule has 1 N–H and O–H groups in total. The van der Waals surface area contributed by atoms with Crippen LogP contribution in [0.2, 0.25) is 0 Å². The van der Waals surface area contributed by atoms with E-state index in [0.717, 1.165) is 21.7 Å². The van der Waals surface area contributed by atoms with Gasteiger partial charge < -0.3 is 10.2 Å². The van der Waals surface area contributed by atoms with Crippen LogP contribution in [0.15, 0.2) is 54.6 Å². The minimum absolute atomic E-state index is 0.207. The Kier molecular flexibility index (Phi) is 9.46. The summed E-state index contributed by atoms with van der Waals surface area (Å²) in [6, 6.07) is 15.6. The number of nitrogens with one attached hydrogen (secondary N) is 1. The number of carbonyl (C=O) groups is 2. The van der Waals surface area contributed by atoms with Crippen molar-refractivity contribution >= 4 is 27.5 Å². The number of nitrogens with zero attached hydrogens (tertiary/aromatic N) is 2. The van der Waals surface area contributed by atoms with Crippen molar-refractivity contribution in [2.45, 2.75) is 46.7 Å². The maximum Gasteiger partial charge on any atom is 0.244 e. The fourth-order valence-corrected chi connectivity index (χ4v) is 4.30. The molecular weight excluding hydrogens is 438 g/mol. The summed E-state index contributed by atoms with van der Waals surface area (Å²) in [6.45, 7) is 8.07. The molecular formula is C25H35N3O4S. The predicted octanol–water partition coefficient (Wildman–Crippen LogP) is 3.34. The van der Waals surface area contributed by atoms with Crippen LogP contribution in [0.25, 0.3) is 0 Å². The van der Waals surface area contributed by atoms with Gasteiger partial charge in [-0.3, -0.25) is 13.9 Å². The van der Waals surface area contributed by atoms with Crippen LogP contribution in [-0.2, 0) is 26.2 Å². The molecule has 2 aromatic rings. The van der Waals surface area contributed by atoms with E-state index in [1.54, 1.807) is 24.3 Å². The molecule has 0 radical (unpaired) electrons. The highest BCUT2D eigenvalue weighted by molar-refractivity contribution is 7.92. The van der Waals surface area contributed by atoms with Gasteiger partial charge in [0.2, 0.25) is 21.8 Å². The number of aryl methyl sites for hydroxylation is 1. The highest BCUT2D eigenvalue weighted by atomic mass is 32.2. The Morgan fingerprint density at radius 3 is 2.12 bits per heavy atom. The van der Waals surface area contributed by atoms with Crippen LogP contribution in [0, 0.1) is 12.8 Å². The molecule has 2 amide bonds. The van der Waals surface area contributed by atoms with Gasteiger partial charge in [-0.15, -0.1) is 0 Å². The van der Waals surface area contributed by atoms with E-state index in [2.05, 4.69) is 5.32 Å². The van der Waals surface area contributed by atoms with Crippen molar-refractivity contribution in [3.8, 4) is 0 Å². The molecule has 180 valence electrons. The zero-order valence-corrected chi connectivity index (χ0v) is 20.9. The minimum Gasteiger partial charge on any atom is -0.354 e. The molecule has 0 aliphatic rings. The molecule has 8 heteroatoms. The van der Waals surface area contributed by atoms with Gasteiger partial charge in [0.25, 0.3) is 0 Å². The summed E-state index contributed by atoms with van der Waals surface area (Å²) in [6.07, 6.45) is 1.49. The first-order valence-corrected chi connectivity index (χ1v) is 13.0. The second-order valence-electron chi connectivity index (χ2n) is 8.68. The van der Waals surface area contributed by atoms with E-state index in [0.29, 0.717) is 18.7 Å². The third-order valence-corrected chi connectivity index (χ3v) is 6.41. The van der Waals surface area contributed by atoms with Crippen LogP contribution in [0.3, 0.4) is 0 Å². The second-order valence-corrected chi connectivity index (χ2v) is 10.6. The number of benzene rings is 2. The van der Waals surface area contributed by atoms with Gasteiger partial charge in [-0.05, 0) is 37.0 Å². The number of anilines is 1. The van der Waals surface area contributed by atoms with Crippen molar-refractivity contribution in [3.63, 3.8) is 0 Å². The van der Waals surface area contributed by atoms with Gasteiger partial charge in [0.1, 0.15) is 12.6 Å². The first-order valence-electron chi connectivity index (χ1n) is 11.2. The number of sulfonamides is 1. The molecule has 0 fully saturated rings. The standard InChI is InChI=1S/C25H35N3O4S/c1-6-23(25(30)26-16-19(2)3)27(17-21-10-8-7-9-11-21)24(29)18-28(33(5,31)32)22-14-12-20(4)13-15-22/h7-15,19,23H,6,16-18H2,1-5H3,(H,26,30). The van der Waals surface area contributed by atoms with Crippen molar-refractivity contribution in [3.05, 3.63) is 65.7 Å². The zero-order chi connectivity index (χ0) is 24.6. The van der Waals surface area contributed by atoms with E-state index in [1.165, 1.54) is 4.90 Å². The molecule has 0 aliphatic carbocycles. The Balaban J connectivity index is 2.37. The number of rotatable bonds is 11. The van der Waals surface area contributed by atoms with Crippen molar-refractivity contribution in [1.29, 1.82) is 0 Å². The average Bonchev–Trinajstić information content (AvgIpc) is 2.76. The van der Waals surface area contributed by atoms with Crippen molar-refractivity contribution in [2.75, 3.05) is 23.7 Å². The third-order valence-electron chi connectivity index (χ3n) is 5.27. The van der Waals surface area contributed by atoms with E-state index in [-0.39, 0.29) is 24.9 Å².